The van der Waals surface area contributed by atoms with Crippen LogP contribution in [0.3, 0.4) is 0 Å². The van der Waals surface area contributed by atoms with Crippen LogP contribution in [0.1, 0.15) is 5.56 Å². The molecule has 0 amide bonds. The summed E-state index contributed by atoms with van der Waals surface area (Å²) in [7, 11) is 0. The van der Waals surface area contributed by atoms with Crippen molar-refractivity contribution in [3.63, 3.8) is 0 Å². The molecule has 0 aliphatic rings. The van der Waals surface area contributed by atoms with Crippen LogP contribution in [0.5, 0.6) is 0 Å². The summed E-state index contributed by atoms with van der Waals surface area (Å²) in [6.45, 7) is 0. The topological polar surface area (TPSA) is 41.6 Å². The average molecular weight is 313 g/mol. The molecular weight excluding hydrogens is 303 g/mol. The number of benzene rings is 2. The van der Waals surface area contributed by atoms with Gasteiger partial charge in [-0.2, -0.15) is 13.2 Å². The van der Waals surface area contributed by atoms with Crippen molar-refractivity contribution in [1.29, 1.82) is 0 Å². The van der Waals surface area contributed by atoms with Gasteiger partial charge in [-0.1, -0.05) is 18.2 Å². The zero-order chi connectivity index (χ0) is 16.0. The Bertz CT molecular complexity index is 949. The zero-order valence-electron chi connectivity index (χ0n) is 11.7. The standard InChI is InChI=1S/C17H10F3N3/c18-17(19,20)12-5-3-10(4-6-12)16-22-14-8-11-2-1-7-21-13(11)9-15(14)23-16/h1-9H,(H,22,23). The van der Waals surface area contributed by atoms with E-state index in [1.54, 1.807) is 6.20 Å². The minimum Gasteiger partial charge on any atom is -0.338 e. The molecular formula is C17H10F3N3. The first-order chi connectivity index (χ1) is 11.0. The van der Waals surface area contributed by atoms with Crippen molar-refractivity contribution in [3.05, 3.63) is 60.3 Å². The molecule has 1 N–H and O–H groups in total. The van der Waals surface area contributed by atoms with Gasteiger partial charge in [0.1, 0.15) is 5.82 Å². The fraction of sp³-hybridized carbons (Fsp3) is 0.0588. The number of nitrogens with zero attached hydrogens (tertiary/aromatic N) is 2. The maximum absolute atomic E-state index is 12.6. The highest BCUT2D eigenvalue weighted by molar-refractivity contribution is 5.94. The van der Waals surface area contributed by atoms with Crippen LogP contribution in [0.25, 0.3) is 33.3 Å². The number of nitrogens with one attached hydrogen (secondary N) is 1. The second-order valence-electron chi connectivity index (χ2n) is 5.23. The summed E-state index contributed by atoms with van der Waals surface area (Å²) in [6.07, 6.45) is -2.63. The van der Waals surface area contributed by atoms with E-state index >= 15 is 0 Å². The Morgan fingerprint density at radius 1 is 0.913 bits per heavy atom. The summed E-state index contributed by atoms with van der Waals surface area (Å²) in [5.41, 5.74) is 2.30. The molecule has 4 rings (SSSR count). The molecule has 0 fully saturated rings. The van der Waals surface area contributed by atoms with Gasteiger partial charge in [0.05, 0.1) is 22.1 Å². The first kappa shape index (κ1) is 13.8. The van der Waals surface area contributed by atoms with Gasteiger partial charge in [-0.05, 0) is 30.3 Å². The van der Waals surface area contributed by atoms with Gasteiger partial charge < -0.3 is 4.98 Å². The van der Waals surface area contributed by atoms with Gasteiger partial charge in [-0.25, -0.2) is 4.98 Å². The molecule has 4 aromatic rings. The van der Waals surface area contributed by atoms with Crippen molar-refractivity contribution < 1.29 is 13.2 Å². The summed E-state index contributed by atoms with van der Waals surface area (Å²) in [6, 6.07) is 12.5. The fourth-order valence-corrected chi connectivity index (χ4v) is 2.53. The number of aromatic nitrogens is 3. The van der Waals surface area contributed by atoms with E-state index in [0.29, 0.717) is 11.4 Å². The molecule has 23 heavy (non-hydrogen) atoms. The van der Waals surface area contributed by atoms with E-state index in [4.69, 9.17) is 0 Å². The van der Waals surface area contributed by atoms with Crippen molar-refractivity contribution in [2.45, 2.75) is 6.18 Å². The smallest absolute Gasteiger partial charge is 0.338 e. The van der Waals surface area contributed by atoms with Crippen LogP contribution in [0.2, 0.25) is 0 Å². The highest BCUT2D eigenvalue weighted by Crippen LogP contribution is 2.31. The first-order valence-corrected chi connectivity index (χ1v) is 6.93. The van der Waals surface area contributed by atoms with Crippen LogP contribution >= 0.6 is 0 Å². The van der Waals surface area contributed by atoms with Gasteiger partial charge in [0.15, 0.2) is 0 Å². The lowest BCUT2D eigenvalue weighted by Crippen LogP contribution is -2.04. The van der Waals surface area contributed by atoms with E-state index in [1.807, 2.05) is 24.3 Å². The predicted molar refractivity (Wildman–Crippen MR) is 81.8 cm³/mol. The van der Waals surface area contributed by atoms with E-state index in [-0.39, 0.29) is 0 Å². The number of H-pyrrole nitrogens is 1. The number of fused-ring (bicyclic) bond motifs is 2. The maximum Gasteiger partial charge on any atom is 0.416 e. The molecule has 0 atom stereocenters. The number of hydrogen-bond donors (Lipinski definition) is 1. The monoisotopic (exact) mass is 313 g/mol. The van der Waals surface area contributed by atoms with Crippen LogP contribution in [0, 0.1) is 0 Å². The number of hydrogen-bond acceptors (Lipinski definition) is 2. The van der Waals surface area contributed by atoms with Crippen molar-refractivity contribution >= 4 is 21.9 Å². The van der Waals surface area contributed by atoms with E-state index < -0.39 is 11.7 Å². The molecule has 0 radical (unpaired) electrons. The lowest BCUT2D eigenvalue weighted by molar-refractivity contribution is -0.137. The van der Waals surface area contributed by atoms with Gasteiger partial charge >= 0.3 is 6.18 Å². The molecule has 0 aliphatic carbocycles. The summed E-state index contributed by atoms with van der Waals surface area (Å²) < 4.78 is 37.9. The van der Waals surface area contributed by atoms with Gasteiger partial charge in [0.25, 0.3) is 0 Å². The largest absolute Gasteiger partial charge is 0.416 e. The predicted octanol–water partition coefficient (Wildman–Crippen LogP) is 4.80. The Labute approximate surface area is 128 Å². The molecule has 0 spiro atoms. The lowest BCUT2D eigenvalue weighted by atomic mass is 10.1. The molecule has 0 bridgehead atoms. The number of aromatic amines is 1. The zero-order valence-corrected chi connectivity index (χ0v) is 11.7. The molecule has 0 unspecified atom stereocenters. The molecule has 3 nitrogen and oxygen atoms in total. The summed E-state index contributed by atoms with van der Waals surface area (Å²) in [5, 5.41) is 0.975. The van der Waals surface area contributed by atoms with Gasteiger partial charge in [-0.3, -0.25) is 4.98 Å². The van der Waals surface area contributed by atoms with Gasteiger partial charge in [-0.15, -0.1) is 0 Å². The summed E-state index contributed by atoms with van der Waals surface area (Å²) in [4.78, 5) is 11.9. The highest BCUT2D eigenvalue weighted by Gasteiger charge is 2.30. The number of imidazole rings is 1. The van der Waals surface area contributed by atoms with Crippen molar-refractivity contribution in [2.75, 3.05) is 0 Å². The number of rotatable bonds is 1. The summed E-state index contributed by atoms with van der Waals surface area (Å²) >= 11 is 0. The van der Waals surface area contributed by atoms with E-state index in [9.17, 15) is 13.2 Å². The number of alkyl halides is 3. The maximum atomic E-state index is 12.6. The van der Waals surface area contributed by atoms with Crippen molar-refractivity contribution in [2.24, 2.45) is 0 Å². The second-order valence-corrected chi connectivity index (χ2v) is 5.23. The first-order valence-electron chi connectivity index (χ1n) is 6.93. The lowest BCUT2D eigenvalue weighted by Gasteiger charge is -2.06. The average Bonchev–Trinajstić information content (AvgIpc) is 2.94. The third kappa shape index (κ3) is 2.42. The Hall–Kier alpha value is -2.89. The molecule has 0 saturated carbocycles. The highest BCUT2D eigenvalue weighted by atomic mass is 19.4. The van der Waals surface area contributed by atoms with Crippen molar-refractivity contribution in [3.8, 4) is 11.4 Å². The normalized spacial score (nSPS) is 12.1. The molecule has 0 aliphatic heterocycles. The van der Waals surface area contributed by atoms with E-state index in [2.05, 4.69) is 15.0 Å². The fourth-order valence-electron chi connectivity index (χ4n) is 2.53. The Kier molecular flexibility index (Phi) is 2.87. The molecule has 2 aromatic carbocycles. The van der Waals surface area contributed by atoms with Crippen LogP contribution in [0.4, 0.5) is 13.2 Å². The molecule has 6 heteroatoms. The van der Waals surface area contributed by atoms with Crippen LogP contribution < -0.4 is 0 Å². The Balaban J connectivity index is 1.81. The SMILES string of the molecule is FC(F)(F)c1ccc(-c2nc3cc4ncccc4cc3[nH]2)cc1. The molecule has 2 heterocycles. The Morgan fingerprint density at radius 2 is 1.70 bits per heavy atom. The molecule has 2 aromatic heterocycles. The van der Waals surface area contributed by atoms with Gasteiger partial charge in [0, 0.05) is 17.1 Å². The minimum atomic E-state index is -4.34. The minimum absolute atomic E-state index is 0.532. The third-order valence-electron chi connectivity index (χ3n) is 3.69. The summed E-state index contributed by atoms with van der Waals surface area (Å²) in [5.74, 6) is 0.532. The number of halogens is 3. The van der Waals surface area contributed by atoms with E-state index in [0.717, 1.165) is 34.1 Å². The molecule has 0 saturated heterocycles. The number of pyridine rings is 1. The molecule has 114 valence electrons. The van der Waals surface area contributed by atoms with Crippen molar-refractivity contribution in [1.82, 2.24) is 15.0 Å². The van der Waals surface area contributed by atoms with Gasteiger partial charge in [0.2, 0.25) is 0 Å². The van der Waals surface area contributed by atoms with Crippen LogP contribution in [-0.4, -0.2) is 15.0 Å². The van der Waals surface area contributed by atoms with Crippen LogP contribution in [0.15, 0.2) is 54.7 Å². The quantitative estimate of drug-likeness (QED) is 0.548. The third-order valence-corrected chi connectivity index (χ3v) is 3.69. The second kappa shape index (κ2) is 4.81. The Morgan fingerprint density at radius 3 is 2.43 bits per heavy atom. The van der Waals surface area contributed by atoms with Crippen LogP contribution in [-0.2, 0) is 6.18 Å². The van der Waals surface area contributed by atoms with E-state index in [1.165, 1.54) is 12.1 Å².